The van der Waals surface area contributed by atoms with Crippen molar-refractivity contribution in [1.29, 1.82) is 0 Å². The van der Waals surface area contributed by atoms with E-state index >= 15 is 0 Å². The quantitative estimate of drug-likeness (QED) is 0.156. The summed E-state index contributed by atoms with van der Waals surface area (Å²) < 4.78 is 5.05. The average Bonchev–Trinajstić information content (AvgIpc) is 3.89. The zero-order valence-corrected chi connectivity index (χ0v) is 34.8. The van der Waals surface area contributed by atoms with Crippen LogP contribution in [0.2, 0.25) is 0 Å². The maximum absolute atomic E-state index is 2.59. The molecule has 2 nitrogen and oxygen atoms in total. The molecule has 1 saturated carbocycles. The Kier molecular flexibility index (Phi) is 8.82. The topological polar surface area (TPSA) is 8.17 Å². The molecule has 0 spiro atoms. The largest absolute Gasteiger partial charge is 0.309 e. The second kappa shape index (κ2) is 15.0. The van der Waals surface area contributed by atoms with Crippen molar-refractivity contribution in [1.82, 2.24) is 4.57 Å². The van der Waals surface area contributed by atoms with Crippen LogP contribution in [0.25, 0.3) is 80.7 Å². The van der Waals surface area contributed by atoms with Gasteiger partial charge in [-0.15, -0.1) is 11.3 Å². The van der Waals surface area contributed by atoms with Crippen LogP contribution in [0.5, 0.6) is 0 Å². The number of para-hydroxylation sites is 4. The molecule has 292 valence electrons. The fourth-order valence-electron chi connectivity index (χ4n) is 10.6. The molecule has 0 bridgehead atoms. The van der Waals surface area contributed by atoms with E-state index in [0.717, 1.165) is 22.7 Å². The van der Waals surface area contributed by atoms with E-state index < -0.39 is 0 Å². The normalized spacial score (nSPS) is 13.5. The molecule has 0 aliphatic heterocycles. The first-order chi connectivity index (χ1) is 30.3. The maximum Gasteiger partial charge on any atom is 0.0562 e. The number of fused-ring (bicyclic) bond motifs is 7. The molecular formula is C58H44N2S. The SMILES string of the molecule is c1ccc(-n2c3ccccc3c3c(N(c4ccccc4-c4cccc5cccc(C6CCCCC6)c45)c4ccccc4-c4cccc5sc6ccccc6c45)cccc32)cc1. The standard InChI is InChI=1S/C58H44N2S/c1-3-19-39(20-4-1)42-29-15-21-40-22-16-30-45(56(40)42)43-25-7-11-32-49(43)60(50-33-12-8-26-44(50)46-31-17-38-55-57(46)48-28-10-14-37-54(48)61-55)53-36-18-35-52-58(53)47-27-9-13-34-51(47)59(52)41-23-5-2-6-24-41/h2,5-18,21-39H,1,3-4,19-20H2. The van der Waals surface area contributed by atoms with E-state index in [9.17, 15) is 0 Å². The summed E-state index contributed by atoms with van der Waals surface area (Å²) in [6.45, 7) is 0. The lowest BCUT2D eigenvalue weighted by Gasteiger charge is -2.31. The van der Waals surface area contributed by atoms with Gasteiger partial charge < -0.3 is 9.47 Å². The Morgan fingerprint density at radius 2 is 0.951 bits per heavy atom. The predicted octanol–water partition coefficient (Wildman–Crippen LogP) is 17.2. The molecule has 11 aromatic rings. The summed E-state index contributed by atoms with van der Waals surface area (Å²) in [5, 5.41) is 7.78. The van der Waals surface area contributed by atoms with Gasteiger partial charge in [0.1, 0.15) is 0 Å². The molecule has 61 heavy (non-hydrogen) atoms. The smallest absolute Gasteiger partial charge is 0.0562 e. The van der Waals surface area contributed by atoms with Crippen molar-refractivity contribution in [2.24, 2.45) is 0 Å². The van der Waals surface area contributed by atoms with E-state index in [4.69, 9.17) is 0 Å². The van der Waals surface area contributed by atoms with Crippen LogP contribution < -0.4 is 4.90 Å². The van der Waals surface area contributed by atoms with Crippen LogP contribution in [-0.2, 0) is 0 Å². The summed E-state index contributed by atoms with van der Waals surface area (Å²) in [6.07, 6.45) is 6.45. The van der Waals surface area contributed by atoms with E-state index in [0.29, 0.717) is 5.92 Å². The van der Waals surface area contributed by atoms with Crippen molar-refractivity contribution in [2.45, 2.75) is 38.0 Å². The fraction of sp³-hybridized carbons (Fsp3) is 0.103. The van der Waals surface area contributed by atoms with Gasteiger partial charge in [0.05, 0.1) is 28.1 Å². The second-order valence-corrected chi connectivity index (χ2v) is 17.7. The summed E-state index contributed by atoms with van der Waals surface area (Å²) in [7, 11) is 0. The van der Waals surface area contributed by atoms with Crippen molar-refractivity contribution in [3.63, 3.8) is 0 Å². The van der Waals surface area contributed by atoms with Gasteiger partial charge in [0, 0.05) is 47.8 Å². The molecule has 0 amide bonds. The van der Waals surface area contributed by atoms with Crippen molar-refractivity contribution >= 4 is 81.1 Å². The molecule has 0 unspecified atom stereocenters. The number of hydrogen-bond acceptors (Lipinski definition) is 2. The highest BCUT2D eigenvalue weighted by atomic mass is 32.1. The lowest BCUT2D eigenvalue weighted by Crippen LogP contribution is -2.13. The predicted molar refractivity (Wildman–Crippen MR) is 263 cm³/mol. The molecule has 2 aromatic heterocycles. The molecule has 9 aromatic carbocycles. The number of rotatable bonds is 7. The summed E-state index contributed by atoms with van der Waals surface area (Å²) >= 11 is 1.88. The molecule has 1 aliphatic carbocycles. The molecule has 0 saturated heterocycles. The zero-order chi connectivity index (χ0) is 40.3. The van der Waals surface area contributed by atoms with Crippen molar-refractivity contribution < 1.29 is 0 Å². The average molecular weight is 801 g/mol. The van der Waals surface area contributed by atoms with E-state index in [1.807, 2.05) is 11.3 Å². The van der Waals surface area contributed by atoms with E-state index in [2.05, 4.69) is 210 Å². The van der Waals surface area contributed by atoms with Crippen LogP contribution in [0, 0.1) is 0 Å². The highest BCUT2D eigenvalue weighted by Gasteiger charge is 2.27. The van der Waals surface area contributed by atoms with Crippen LogP contribution >= 0.6 is 11.3 Å². The Morgan fingerprint density at radius 3 is 1.74 bits per heavy atom. The van der Waals surface area contributed by atoms with E-state index in [1.165, 1.54) is 113 Å². The molecule has 2 heterocycles. The molecule has 1 aliphatic rings. The molecular weight excluding hydrogens is 757 g/mol. The fourth-order valence-corrected chi connectivity index (χ4v) is 11.7. The minimum atomic E-state index is 0.571. The Morgan fingerprint density at radius 1 is 0.393 bits per heavy atom. The first kappa shape index (κ1) is 36.0. The minimum Gasteiger partial charge on any atom is -0.309 e. The van der Waals surface area contributed by atoms with Crippen LogP contribution in [0.15, 0.2) is 200 Å². The van der Waals surface area contributed by atoms with Gasteiger partial charge in [-0.25, -0.2) is 0 Å². The van der Waals surface area contributed by atoms with E-state index in [1.54, 1.807) is 0 Å². The summed E-state index contributed by atoms with van der Waals surface area (Å²) in [5.74, 6) is 0.571. The van der Waals surface area contributed by atoms with Crippen LogP contribution in [0.4, 0.5) is 17.1 Å². The van der Waals surface area contributed by atoms with Gasteiger partial charge >= 0.3 is 0 Å². The van der Waals surface area contributed by atoms with Gasteiger partial charge in [0.2, 0.25) is 0 Å². The number of anilines is 3. The van der Waals surface area contributed by atoms with Crippen molar-refractivity contribution in [3.8, 4) is 27.9 Å². The van der Waals surface area contributed by atoms with Gasteiger partial charge in [-0.05, 0) is 101 Å². The summed E-state index contributed by atoms with van der Waals surface area (Å²) in [4.78, 5) is 2.59. The maximum atomic E-state index is 2.59. The first-order valence-electron chi connectivity index (χ1n) is 21.8. The molecule has 0 N–H and O–H groups in total. The molecule has 0 radical (unpaired) electrons. The number of nitrogens with zero attached hydrogens (tertiary/aromatic N) is 2. The summed E-state index contributed by atoms with van der Waals surface area (Å²) in [5.41, 5.74) is 13.5. The van der Waals surface area contributed by atoms with Crippen molar-refractivity contribution in [2.75, 3.05) is 4.90 Å². The lowest BCUT2D eigenvalue weighted by molar-refractivity contribution is 0.445. The lowest BCUT2D eigenvalue weighted by atomic mass is 9.80. The van der Waals surface area contributed by atoms with E-state index in [-0.39, 0.29) is 0 Å². The third-order valence-corrected chi connectivity index (χ3v) is 14.3. The second-order valence-electron chi connectivity index (χ2n) is 16.6. The van der Waals surface area contributed by atoms with Gasteiger partial charge in [-0.2, -0.15) is 0 Å². The number of hydrogen-bond donors (Lipinski definition) is 0. The third-order valence-electron chi connectivity index (χ3n) is 13.2. The number of aromatic nitrogens is 1. The minimum absolute atomic E-state index is 0.571. The Labute approximate surface area is 360 Å². The van der Waals surface area contributed by atoms with Crippen LogP contribution in [0.1, 0.15) is 43.6 Å². The Hall–Kier alpha value is -6.94. The highest BCUT2D eigenvalue weighted by Crippen LogP contribution is 2.52. The van der Waals surface area contributed by atoms with Gasteiger partial charge in [0.25, 0.3) is 0 Å². The van der Waals surface area contributed by atoms with Gasteiger partial charge in [-0.1, -0.05) is 165 Å². The number of benzene rings is 9. The molecule has 3 heteroatoms. The Balaban J connectivity index is 1.19. The zero-order valence-electron chi connectivity index (χ0n) is 34.0. The van der Waals surface area contributed by atoms with Gasteiger partial charge in [-0.3, -0.25) is 0 Å². The Bertz CT molecular complexity index is 3420. The van der Waals surface area contributed by atoms with Crippen LogP contribution in [0.3, 0.4) is 0 Å². The first-order valence-corrected chi connectivity index (χ1v) is 22.6. The third kappa shape index (κ3) is 5.90. The van der Waals surface area contributed by atoms with Crippen molar-refractivity contribution in [3.05, 3.63) is 206 Å². The number of thiophene rings is 1. The molecule has 0 atom stereocenters. The monoisotopic (exact) mass is 800 g/mol. The summed E-state index contributed by atoms with van der Waals surface area (Å²) in [6, 6.07) is 74.5. The van der Waals surface area contributed by atoms with Gasteiger partial charge in [0.15, 0.2) is 0 Å². The molecule has 12 rings (SSSR count). The van der Waals surface area contributed by atoms with Crippen LogP contribution in [-0.4, -0.2) is 4.57 Å². The molecule has 1 fully saturated rings. The highest BCUT2D eigenvalue weighted by molar-refractivity contribution is 7.25.